The van der Waals surface area contributed by atoms with Crippen molar-refractivity contribution in [2.24, 2.45) is 11.3 Å². The number of urea groups is 1. The minimum absolute atomic E-state index is 0.0595. The van der Waals surface area contributed by atoms with Gasteiger partial charge in [0.1, 0.15) is 0 Å². The molecule has 1 saturated carbocycles. The molecular formula is C24H26F2N4O2. The van der Waals surface area contributed by atoms with Gasteiger partial charge in [-0.25, -0.2) is 4.79 Å². The van der Waals surface area contributed by atoms with Gasteiger partial charge in [-0.3, -0.25) is 9.78 Å². The molecule has 8 heteroatoms. The summed E-state index contributed by atoms with van der Waals surface area (Å²) in [7, 11) is 0. The molecule has 2 aliphatic heterocycles. The van der Waals surface area contributed by atoms with Crippen LogP contribution in [-0.2, 0) is 23.8 Å². The highest BCUT2D eigenvalue weighted by Gasteiger charge is 2.56. The van der Waals surface area contributed by atoms with Crippen LogP contribution in [0.3, 0.4) is 0 Å². The van der Waals surface area contributed by atoms with Crippen LogP contribution < -0.4 is 5.32 Å². The lowest BCUT2D eigenvalue weighted by Crippen LogP contribution is -2.46. The Labute approximate surface area is 185 Å². The van der Waals surface area contributed by atoms with E-state index in [4.69, 9.17) is 0 Å². The summed E-state index contributed by atoms with van der Waals surface area (Å²) < 4.78 is 29.3. The molecule has 0 radical (unpaired) electrons. The smallest absolute Gasteiger partial charge is 0.338 e. The van der Waals surface area contributed by atoms with Crippen molar-refractivity contribution < 1.29 is 18.4 Å². The molecule has 2 fully saturated rings. The minimum atomic E-state index is -3.51. The number of amides is 3. The van der Waals surface area contributed by atoms with Crippen LogP contribution >= 0.6 is 0 Å². The third kappa shape index (κ3) is 3.72. The van der Waals surface area contributed by atoms with E-state index in [9.17, 15) is 18.4 Å². The second kappa shape index (κ2) is 7.83. The Kier molecular flexibility index (Phi) is 5.10. The van der Waals surface area contributed by atoms with Crippen LogP contribution in [0.2, 0.25) is 0 Å². The number of halogens is 2. The maximum Gasteiger partial charge on any atom is 0.349 e. The topological polar surface area (TPSA) is 65.5 Å². The first-order valence-corrected chi connectivity index (χ1v) is 11.1. The number of aromatic nitrogens is 1. The zero-order chi connectivity index (χ0) is 22.3. The second-order valence-corrected chi connectivity index (χ2v) is 9.18. The molecule has 3 aliphatic rings. The third-order valence-electron chi connectivity index (χ3n) is 7.32. The Hall–Kier alpha value is -3.03. The van der Waals surface area contributed by atoms with Gasteiger partial charge in [0.25, 0.3) is 5.91 Å². The van der Waals surface area contributed by atoms with Crippen LogP contribution in [0.5, 0.6) is 0 Å². The molecule has 6 nitrogen and oxygen atoms in total. The van der Waals surface area contributed by atoms with Crippen molar-refractivity contribution in [2.75, 3.05) is 19.6 Å². The van der Waals surface area contributed by atoms with Gasteiger partial charge >= 0.3 is 12.0 Å². The van der Waals surface area contributed by atoms with Gasteiger partial charge in [-0.15, -0.1) is 0 Å². The highest BCUT2D eigenvalue weighted by atomic mass is 19.3. The average Bonchev–Trinajstić information content (AvgIpc) is 3.29. The largest absolute Gasteiger partial charge is 0.349 e. The average molecular weight is 440 g/mol. The van der Waals surface area contributed by atoms with Crippen LogP contribution in [0.1, 0.15) is 36.0 Å². The molecule has 1 spiro atoms. The number of alkyl halides is 2. The van der Waals surface area contributed by atoms with Crippen molar-refractivity contribution in [1.29, 1.82) is 0 Å². The number of hydrogen-bond donors (Lipinski definition) is 1. The molecule has 5 rings (SSSR count). The summed E-state index contributed by atoms with van der Waals surface area (Å²) in [4.78, 5) is 32.2. The fraction of sp³-hybridized carbons (Fsp3) is 0.458. The molecule has 3 amide bonds. The summed E-state index contributed by atoms with van der Waals surface area (Å²) in [5.41, 5.74) is 2.00. The lowest BCUT2D eigenvalue weighted by atomic mass is 9.90. The number of nitrogens with zero attached hydrogens (tertiary/aromatic N) is 3. The third-order valence-corrected chi connectivity index (χ3v) is 7.32. The molecule has 1 N–H and O–H groups in total. The van der Waals surface area contributed by atoms with E-state index in [-0.39, 0.29) is 17.0 Å². The Morgan fingerprint density at radius 3 is 2.50 bits per heavy atom. The number of pyridine rings is 1. The number of likely N-dealkylation sites (tertiary alicyclic amines) is 1. The normalized spacial score (nSPS) is 21.4. The fourth-order valence-corrected chi connectivity index (χ4v) is 5.14. The summed E-state index contributed by atoms with van der Waals surface area (Å²) in [5, 5.41) is 3.04. The van der Waals surface area contributed by atoms with Gasteiger partial charge < -0.3 is 15.1 Å². The van der Waals surface area contributed by atoms with Crippen LogP contribution in [0, 0.1) is 11.3 Å². The van der Waals surface area contributed by atoms with E-state index in [0.29, 0.717) is 51.5 Å². The standard InChI is InChI=1S/C24H26F2N4O2/c25-24(26,19-4-2-1-3-5-19)21(31)29-10-7-23(8-11-29)12-20(23)14-28-22(32)30-15-17-6-9-27-13-18(17)16-30/h1-6,9,13,20H,7-8,10-12,14-16H2,(H,28,32). The van der Waals surface area contributed by atoms with Crippen molar-refractivity contribution in [3.63, 3.8) is 0 Å². The highest BCUT2D eigenvalue weighted by molar-refractivity contribution is 5.85. The zero-order valence-electron chi connectivity index (χ0n) is 17.8. The van der Waals surface area contributed by atoms with Gasteiger partial charge in [-0.05, 0) is 47.8 Å². The quantitative estimate of drug-likeness (QED) is 0.791. The van der Waals surface area contributed by atoms with Crippen molar-refractivity contribution in [2.45, 2.75) is 38.3 Å². The van der Waals surface area contributed by atoms with Crippen molar-refractivity contribution in [3.8, 4) is 0 Å². The van der Waals surface area contributed by atoms with Gasteiger partial charge in [0, 0.05) is 50.7 Å². The van der Waals surface area contributed by atoms with Crippen molar-refractivity contribution in [3.05, 3.63) is 65.5 Å². The number of hydrogen-bond acceptors (Lipinski definition) is 3. The number of benzene rings is 1. The molecule has 1 aromatic carbocycles. The van der Waals surface area contributed by atoms with E-state index in [2.05, 4.69) is 10.3 Å². The minimum Gasteiger partial charge on any atom is -0.338 e. The molecule has 3 heterocycles. The number of nitrogens with one attached hydrogen (secondary N) is 1. The highest BCUT2D eigenvalue weighted by Crippen LogP contribution is 2.59. The summed E-state index contributed by atoms with van der Waals surface area (Å²) in [6.45, 7) is 2.40. The molecule has 0 bridgehead atoms. The Bertz CT molecular complexity index is 997. The van der Waals surface area contributed by atoms with E-state index in [1.165, 1.54) is 29.2 Å². The number of carbonyl (C=O) groups excluding carboxylic acids is 2. The lowest BCUT2D eigenvalue weighted by Gasteiger charge is -2.35. The predicted octanol–water partition coefficient (Wildman–Crippen LogP) is 3.53. The molecule has 2 aromatic rings. The van der Waals surface area contributed by atoms with Gasteiger partial charge in [0.2, 0.25) is 0 Å². The second-order valence-electron chi connectivity index (χ2n) is 9.18. The van der Waals surface area contributed by atoms with Gasteiger partial charge in [-0.2, -0.15) is 8.78 Å². The first-order valence-electron chi connectivity index (χ1n) is 11.1. The summed E-state index contributed by atoms with van der Waals surface area (Å²) >= 11 is 0. The Morgan fingerprint density at radius 1 is 1.06 bits per heavy atom. The summed E-state index contributed by atoms with van der Waals surface area (Å²) in [6.07, 6.45) is 5.90. The van der Waals surface area contributed by atoms with E-state index in [1.54, 1.807) is 23.4 Å². The molecular weight excluding hydrogens is 414 g/mol. The predicted molar refractivity (Wildman–Crippen MR) is 114 cm³/mol. The van der Waals surface area contributed by atoms with Crippen molar-refractivity contribution >= 4 is 11.9 Å². The fourth-order valence-electron chi connectivity index (χ4n) is 5.14. The molecule has 1 atom stereocenters. The van der Waals surface area contributed by atoms with Crippen LogP contribution in [0.15, 0.2) is 48.8 Å². The molecule has 1 unspecified atom stereocenters. The van der Waals surface area contributed by atoms with Crippen LogP contribution in [0.25, 0.3) is 0 Å². The van der Waals surface area contributed by atoms with Crippen LogP contribution in [0.4, 0.5) is 13.6 Å². The van der Waals surface area contributed by atoms with Gasteiger partial charge in [0.05, 0.1) is 0 Å². The van der Waals surface area contributed by atoms with E-state index < -0.39 is 11.8 Å². The molecule has 1 aliphatic carbocycles. The summed E-state index contributed by atoms with van der Waals surface area (Å²) in [5.74, 6) is -4.29. The first kappa shape index (κ1) is 20.8. The molecule has 168 valence electrons. The van der Waals surface area contributed by atoms with Gasteiger partial charge in [-0.1, -0.05) is 30.3 Å². The summed E-state index contributed by atoms with van der Waals surface area (Å²) in [6, 6.07) is 9.12. The maximum absolute atomic E-state index is 14.6. The van der Waals surface area contributed by atoms with Gasteiger partial charge in [0.15, 0.2) is 0 Å². The monoisotopic (exact) mass is 440 g/mol. The molecule has 1 saturated heterocycles. The number of piperidine rings is 1. The number of carbonyl (C=O) groups is 2. The number of fused-ring (bicyclic) bond motifs is 1. The molecule has 1 aromatic heterocycles. The first-order chi connectivity index (χ1) is 15.4. The van der Waals surface area contributed by atoms with E-state index in [1.807, 2.05) is 6.07 Å². The van der Waals surface area contributed by atoms with Crippen LogP contribution in [-0.4, -0.2) is 46.4 Å². The number of rotatable bonds is 4. The van der Waals surface area contributed by atoms with Crippen molar-refractivity contribution in [1.82, 2.24) is 20.1 Å². The maximum atomic E-state index is 14.6. The lowest BCUT2D eigenvalue weighted by molar-refractivity contribution is -0.160. The SMILES string of the molecule is O=C(NCC1CC12CCN(C(=O)C(F)(F)c1ccccc1)CC2)N1Cc2ccncc2C1. The Balaban J connectivity index is 1.10. The zero-order valence-corrected chi connectivity index (χ0v) is 17.8. The molecule has 32 heavy (non-hydrogen) atoms. The van der Waals surface area contributed by atoms with E-state index >= 15 is 0 Å². The Morgan fingerprint density at radius 2 is 1.78 bits per heavy atom. The van der Waals surface area contributed by atoms with E-state index in [0.717, 1.165) is 17.5 Å².